The number of piperidine rings is 1. The Kier molecular flexibility index (Phi) is 3.97. The van der Waals surface area contributed by atoms with E-state index in [1.54, 1.807) is 24.3 Å². The first-order chi connectivity index (χ1) is 15.0. The van der Waals surface area contributed by atoms with Crippen molar-refractivity contribution in [2.75, 3.05) is 24.5 Å². The third kappa shape index (κ3) is 2.94. The maximum absolute atomic E-state index is 13.8. The zero-order valence-electron chi connectivity index (χ0n) is 17.2. The number of hydrogen-bond acceptors (Lipinski definition) is 5. The van der Waals surface area contributed by atoms with Crippen LogP contribution in [0.5, 0.6) is 0 Å². The Morgan fingerprint density at radius 3 is 2.97 bits per heavy atom. The summed E-state index contributed by atoms with van der Waals surface area (Å²) in [6.07, 6.45) is 4.70. The summed E-state index contributed by atoms with van der Waals surface area (Å²) in [5, 5.41) is 4.29. The van der Waals surface area contributed by atoms with Crippen molar-refractivity contribution in [1.29, 1.82) is 0 Å². The molecule has 0 N–H and O–H groups in total. The van der Waals surface area contributed by atoms with Crippen molar-refractivity contribution in [2.24, 2.45) is 13.0 Å². The first-order valence-electron chi connectivity index (χ1n) is 10.8. The van der Waals surface area contributed by atoms with Crippen LogP contribution in [0.15, 0.2) is 35.4 Å². The van der Waals surface area contributed by atoms with Crippen LogP contribution < -0.4 is 10.6 Å². The van der Waals surface area contributed by atoms with E-state index in [9.17, 15) is 14.0 Å². The van der Waals surface area contributed by atoms with E-state index in [2.05, 4.69) is 15.0 Å². The summed E-state index contributed by atoms with van der Waals surface area (Å²) in [6.45, 7) is 1.61. The van der Waals surface area contributed by atoms with Crippen molar-refractivity contribution in [2.45, 2.75) is 31.4 Å². The summed E-state index contributed by atoms with van der Waals surface area (Å²) in [7, 11) is 1.63. The molecule has 3 unspecified atom stereocenters. The topological polar surface area (TPSA) is 75.7 Å². The fourth-order valence-corrected chi connectivity index (χ4v) is 5.00. The summed E-state index contributed by atoms with van der Waals surface area (Å²) in [4.78, 5) is 33.5. The SMILES string of the molecule is Cn1nc2cc(N3CC4CC4c4cc(C(=O)N5CCCC(F)C5)cnc43)ccn2c1=O. The quantitative estimate of drug-likeness (QED) is 0.633. The standard InChI is InChI=1S/C22H23FN6O2/c1-26-22(31)28-6-4-16(9-19(28)25-26)29-11-14-8-17(14)18-7-13(10-24-20(18)29)21(30)27-5-2-3-15(23)12-27/h4,6-7,9-10,14-15,17H,2-3,5,8,11-12H2,1H3. The van der Waals surface area contributed by atoms with Gasteiger partial charge in [-0.15, -0.1) is 0 Å². The van der Waals surface area contributed by atoms with Gasteiger partial charge in [0.1, 0.15) is 12.0 Å². The van der Waals surface area contributed by atoms with Crippen molar-refractivity contribution >= 4 is 23.1 Å². The number of aromatic nitrogens is 4. The third-order valence-corrected chi connectivity index (χ3v) is 6.75. The number of amides is 1. The molecule has 2 aliphatic heterocycles. The maximum Gasteiger partial charge on any atom is 0.350 e. The Balaban J connectivity index is 1.36. The molecule has 5 heterocycles. The van der Waals surface area contributed by atoms with Gasteiger partial charge in [-0.1, -0.05) is 0 Å². The van der Waals surface area contributed by atoms with E-state index in [1.807, 2.05) is 18.2 Å². The molecule has 1 amide bonds. The lowest BCUT2D eigenvalue weighted by Gasteiger charge is -2.31. The Morgan fingerprint density at radius 2 is 2.13 bits per heavy atom. The molecule has 0 radical (unpaired) electrons. The normalized spacial score (nSPS) is 24.8. The lowest BCUT2D eigenvalue weighted by Crippen LogP contribution is -2.40. The number of hydrogen-bond donors (Lipinski definition) is 0. The number of halogens is 1. The Bertz CT molecular complexity index is 1270. The van der Waals surface area contributed by atoms with E-state index in [0.29, 0.717) is 42.4 Å². The van der Waals surface area contributed by atoms with Gasteiger partial charge >= 0.3 is 5.69 Å². The Morgan fingerprint density at radius 1 is 1.26 bits per heavy atom. The number of carbonyl (C=O) groups is 1. The van der Waals surface area contributed by atoms with Crippen LogP contribution in [0.3, 0.4) is 0 Å². The number of rotatable bonds is 2. The average molecular weight is 422 g/mol. The molecule has 3 aliphatic rings. The highest BCUT2D eigenvalue weighted by Crippen LogP contribution is 2.55. The molecule has 1 aliphatic carbocycles. The number of carbonyl (C=O) groups excluding carboxylic acids is 1. The number of nitrogens with zero attached hydrogens (tertiary/aromatic N) is 6. The monoisotopic (exact) mass is 422 g/mol. The number of anilines is 2. The minimum Gasteiger partial charge on any atom is -0.336 e. The van der Waals surface area contributed by atoms with Crippen LogP contribution in [0, 0.1) is 5.92 Å². The predicted molar refractivity (Wildman–Crippen MR) is 113 cm³/mol. The molecule has 1 saturated carbocycles. The minimum atomic E-state index is -0.944. The van der Waals surface area contributed by atoms with Crippen molar-refractivity contribution in [3.05, 3.63) is 52.2 Å². The molecule has 3 atom stereocenters. The van der Waals surface area contributed by atoms with Gasteiger partial charge in [0.15, 0.2) is 5.65 Å². The van der Waals surface area contributed by atoms with Gasteiger partial charge in [-0.05, 0) is 48.8 Å². The first kappa shape index (κ1) is 18.5. The molecular weight excluding hydrogens is 399 g/mol. The highest BCUT2D eigenvalue weighted by molar-refractivity contribution is 5.95. The summed E-state index contributed by atoms with van der Waals surface area (Å²) < 4.78 is 16.6. The van der Waals surface area contributed by atoms with Gasteiger partial charge in [-0.25, -0.2) is 18.9 Å². The number of fused-ring (bicyclic) bond motifs is 4. The van der Waals surface area contributed by atoms with E-state index in [1.165, 1.54) is 9.08 Å². The molecule has 0 bridgehead atoms. The molecule has 3 aromatic rings. The fourth-order valence-electron chi connectivity index (χ4n) is 5.00. The molecule has 8 nitrogen and oxygen atoms in total. The molecular formula is C22H23FN6O2. The molecule has 1 saturated heterocycles. The molecule has 160 valence electrons. The zero-order chi connectivity index (χ0) is 21.3. The first-order valence-corrected chi connectivity index (χ1v) is 10.8. The Hall–Kier alpha value is -3.23. The fraction of sp³-hybridized carbons (Fsp3) is 0.455. The molecule has 9 heteroatoms. The average Bonchev–Trinajstić information content (AvgIpc) is 3.51. The van der Waals surface area contributed by atoms with Crippen LogP contribution in [-0.2, 0) is 7.05 Å². The highest BCUT2D eigenvalue weighted by Gasteiger charge is 2.46. The van der Waals surface area contributed by atoms with Crippen molar-refractivity contribution in [1.82, 2.24) is 24.1 Å². The van der Waals surface area contributed by atoms with E-state index >= 15 is 0 Å². The molecule has 0 spiro atoms. The van der Waals surface area contributed by atoms with E-state index in [4.69, 9.17) is 0 Å². The predicted octanol–water partition coefficient (Wildman–Crippen LogP) is 2.26. The van der Waals surface area contributed by atoms with Gasteiger partial charge in [-0.2, -0.15) is 5.10 Å². The largest absolute Gasteiger partial charge is 0.350 e. The molecule has 0 aromatic carbocycles. The number of likely N-dealkylation sites (tertiary alicyclic amines) is 1. The molecule has 31 heavy (non-hydrogen) atoms. The van der Waals surface area contributed by atoms with E-state index in [0.717, 1.165) is 30.0 Å². The summed E-state index contributed by atoms with van der Waals surface area (Å²) in [5.74, 6) is 1.65. The maximum atomic E-state index is 13.8. The summed E-state index contributed by atoms with van der Waals surface area (Å²) in [5.41, 5.74) is 2.94. The van der Waals surface area contributed by atoms with Crippen LogP contribution in [0.25, 0.3) is 5.65 Å². The van der Waals surface area contributed by atoms with Crippen LogP contribution in [0.1, 0.15) is 41.1 Å². The van der Waals surface area contributed by atoms with Gasteiger partial charge in [0.2, 0.25) is 0 Å². The van der Waals surface area contributed by atoms with Crippen molar-refractivity contribution in [3.8, 4) is 0 Å². The third-order valence-electron chi connectivity index (χ3n) is 6.75. The number of alkyl halides is 1. The molecule has 6 rings (SSSR count). The van der Waals surface area contributed by atoms with Crippen LogP contribution in [-0.4, -0.2) is 55.8 Å². The van der Waals surface area contributed by atoms with Gasteiger partial charge in [0.25, 0.3) is 5.91 Å². The number of pyridine rings is 2. The van der Waals surface area contributed by atoms with Gasteiger partial charge in [0.05, 0.1) is 12.1 Å². The van der Waals surface area contributed by atoms with E-state index < -0.39 is 6.17 Å². The summed E-state index contributed by atoms with van der Waals surface area (Å²) >= 11 is 0. The second kappa shape index (κ2) is 6.63. The minimum absolute atomic E-state index is 0.138. The Labute approximate surface area is 177 Å². The van der Waals surface area contributed by atoms with Gasteiger partial charge in [0, 0.05) is 44.3 Å². The van der Waals surface area contributed by atoms with Gasteiger partial charge in [-0.3, -0.25) is 9.20 Å². The van der Waals surface area contributed by atoms with Crippen LogP contribution in [0.4, 0.5) is 15.9 Å². The number of aryl methyl sites for hydroxylation is 1. The zero-order valence-corrected chi connectivity index (χ0v) is 17.2. The highest BCUT2D eigenvalue weighted by atomic mass is 19.1. The van der Waals surface area contributed by atoms with Gasteiger partial charge < -0.3 is 9.80 Å². The van der Waals surface area contributed by atoms with Crippen molar-refractivity contribution in [3.63, 3.8) is 0 Å². The lowest BCUT2D eigenvalue weighted by atomic mass is 10.0. The second-order valence-corrected chi connectivity index (χ2v) is 8.86. The lowest BCUT2D eigenvalue weighted by molar-refractivity contribution is 0.0635. The van der Waals surface area contributed by atoms with Crippen molar-refractivity contribution < 1.29 is 9.18 Å². The summed E-state index contributed by atoms with van der Waals surface area (Å²) in [6, 6.07) is 5.75. The van der Waals surface area contributed by atoms with E-state index in [-0.39, 0.29) is 18.1 Å². The second-order valence-electron chi connectivity index (χ2n) is 8.86. The smallest absolute Gasteiger partial charge is 0.336 e. The van der Waals surface area contributed by atoms with Crippen LogP contribution in [0.2, 0.25) is 0 Å². The van der Waals surface area contributed by atoms with Crippen LogP contribution >= 0.6 is 0 Å². The molecule has 2 fully saturated rings. The molecule has 3 aromatic heterocycles.